The van der Waals surface area contributed by atoms with Gasteiger partial charge in [-0.25, -0.2) is 14.4 Å². The summed E-state index contributed by atoms with van der Waals surface area (Å²) >= 11 is 0. The van der Waals surface area contributed by atoms with Crippen LogP contribution >= 0.6 is 0 Å². The number of ketones is 2. The molecule has 0 saturated heterocycles. The molecule has 0 bridgehead atoms. The fraction of sp³-hybridized carbons (Fsp3) is 0.281. The molecule has 0 aliphatic rings. The van der Waals surface area contributed by atoms with E-state index in [2.05, 4.69) is 0 Å². The molecular formula is C32H32O11. The summed E-state index contributed by atoms with van der Waals surface area (Å²) in [6.07, 6.45) is -1.02. The number of rotatable bonds is 19. The summed E-state index contributed by atoms with van der Waals surface area (Å²) < 4.78 is 31.5. The first-order valence-electron chi connectivity index (χ1n) is 13.5. The van der Waals surface area contributed by atoms with Gasteiger partial charge in [-0.05, 0) is 5.56 Å². The average molecular weight is 593 g/mol. The second-order valence-corrected chi connectivity index (χ2v) is 8.72. The molecule has 1 unspecified atom stereocenters. The second kappa shape index (κ2) is 18.7. The maximum Gasteiger partial charge on any atom is 0.379 e. The smallest absolute Gasteiger partial charge is 0.379 e. The van der Waals surface area contributed by atoms with Gasteiger partial charge in [-0.3, -0.25) is 9.59 Å². The lowest BCUT2D eigenvalue weighted by Crippen LogP contribution is -2.23. The first kappa shape index (κ1) is 32.8. The van der Waals surface area contributed by atoms with Crippen LogP contribution in [0.3, 0.4) is 0 Å². The number of carbonyl (C=O) groups excluding carboxylic acids is 5. The Kier molecular flexibility index (Phi) is 14.2. The van der Waals surface area contributed by atoms with Gasteiger partial charge in [-0.2, -0.15) is 0 Å². The van der Waals surface area contributed by atoms with Crippen LogP contribution in [0.1, 0.15) is 32.4 Å². The molecule has 0 saturated carbocycles. The molecule has 0 N–H and O–H groups in total. The zero-order valence-electron chi connectivity index (χ0n) is 23.4. The highest BCUT2D eigenvalue weighted by molar-refractivity contribution is 6.41. The van der Waals surface area contributed by atoms with Crippen LogP contribution in [0, 0.1) is 0 Å². The monoisotopic (exact) mass is 592 g/mol. The molecule has 3 aromatic carbocycles. The molecule has 11 nitrogen and oxygen atoms in total. The van der Waals surface area contributed by atoms with E-state index >= 15 is 0 Å². The average Bonchev–Trinajstić information content (AvgIpc) is 3.05. The third kappa shape index (κ3) is 11.6. The van der Waals surface area contributed by atoms with Gasteiger partial charge in [0.15, 0.2) is 6.10 Å². The van der Waals surface area contributed by atoms with Crippen molar-refractivity contribution in [3.05, 3.63) is 108 Å². The number of carbonyl (C=O) groups is 5. The van der Waals surface area contributed by atoms with Crippen LogP contribution in [0.4, 0.5) is 0 Å². The molecule has 0 fully saturated rings. The Bertz CT molecular complexity index is 1310. The molecular weight excluding hydrogens is 560 g/mol. The molecule has 0 aliphatic carbocycles. The molecule has 3 aromatic rings. The maximum atomic E-state index is 12.7. The van der Waals surface area contributed by atoms with Crippen molar-refractivity contribution < 1.29 is 52.4 Å². The zero-order chi connectivity index (χ0) is 30.7. The quantitative estimate of drug-likeness (QED) is 0.0666. The van der Waals surface area contributed by atoms with Crippen LogP contribution in [0.5, 0.6) is 0 Å². The standard InChI is InChI=1S/C32H32O11/c33-27(24-10-4-1-5-11-24)30(35)41-21-17-38-16-20-40-29(26-14-8-3-9-15-26)32(37)43-23-19-39-18-22-42-31(36)28(34)25-12-6-2-7-13-25/h1-15,29H,16-23H2. The Morgan fingerprint density at radius 3 is 1.33 bits per heavy atom. The van der Waals surface area contributed by atoms with E-state index in [1.165, 1.54) is 24.3 Å². The Labute approximate surface area is 248 Å². The predicted molar refractivity (Wildman–Crippen MR) is 151 cm³/mol. The summed E-state index contributed by atoms with van der Waals surface area (Å²) in [5.41, 5.74) is 1.06. The van der Waals surface area contributed by atoms with Crippen LogP contribution in [-0.2, 0) is 42.8 Å². The van der Waals surface area contributed by atoms with E-state index in [1.54, 1.807) is 66.7 Å². The first-order chi connectivity index (χ1) is 21.0. The Hall–Kier alpha value is -4.71. The Balaban J connectivity index is 1.29. The summed E-state index contributed by atoms with van der Waals surface area (Å²) in [5, 5.41) is 0. The zero-order valence-corrected chi connectivity index (χ0v) is 23.4. The van der Waals surface area contributed by atoms with E-state index in [-0.39, 0.29) is 64.0 Å². The second-order valence-electron chi connectivity index (χ2n) is 8.72. The molecule has 11 heteroatoms. The molecule has 0 amide bonds. The van der Waals surface area contributed by atoms with Gasteiger partial charge >= 0.3 is 17.9 Å². The maximum absolute atomic E-state index is 12.7. The molecule has 0 radical (unpaired) electrons. The van der Waals surface area contributed by atoms with Crippen molar-refractivity contribution in [3.63, 3.8) is 0 Å². The molecule has 0 aromatic heterocycles. The summed E-state index contributed by atoms with van der Waals surface area (Å²) in [5.74, 6) is -4.07. The van der Waals surface area contributed by atoms with Gasteiger partial charge in [0.2, 0.25) is 0 Å². The van der Waals surface area contributed by atoms with Crippen LogP contribution in [0.25, 0.3) is 0 Å². The molecule has 43 heavy (non-hydrogen) atoms. The van der Waals surface area contributed by atoms with E-state index in [9.17, 15) is 24.0 Å². The van der Waals surface area contributed by atoms with Crippen molar-refractivity contribution in [1.82, 2.24) is 0 Å². The van der Waals surface area contributed by atoms with Gasteiger partial charge in [0.25, 0.3) is 11.6 Å². The predicted octanol–water partition coefficient (Wildman–Crippen LogP) is 3.17. The highest BCUT2D eigenvalue weighted by Crippen LogP contribution is 2.19. The van der Waals surface area contributed by atoms with Gasteiger partial charge in [-0.15, -0.1) is 0 Å². The Morgan fingerprint density at radius 1 is 0.465 bits per heavy atom. The minimum Gasteiger partial charge on any atom is -0.461 e. The lowest BCUT2D eigenvalue weighted by molar-refractivity contribution is -0.160. The molecule has 0 spiro atoms. The fourth-order valence-corrected chi connectivity index (χ4v) is 3.57. The summed E-state index contributed by atoms with van der Waals surface area (Å²) in [6, 6.07) is 24.9. The minimum absolute atomic E-state index is 0.0110. The molecule has 3 rings (SSSR count). The third-order valence-electron chi connectivity index (χ3n) is 5.66. The SMILES string of the molecule is O=C(OCCOCCOC(=O)C(OCCOCCOC(=O)C(=O)c1ccccc1)c1ccccc1)C(=O)c1ccccc1. The van der Waals surface area contributed by atoms with Gasteiger partial charge in [0, 0.05) is 11.1 Å². The number of hydrogen-bond acceptors (Lipinski definition) is 11. The molecule has 1 atom stereocenters. The highest BCUT2D eigenvalue weighted by Gasteiger charge is 2.23. The van der Waals surface area contributed by atoms with E-state index < -0.39 is 35.6 Å². The lowest BCUT2D eigenvalue weighted by Gasteiger charge is -2.17. The van der Waals surface area contributed by atoms with Crippen molar-refractivity contribution in [2.45, 2.75) is 6.10 Å². The van der Waals surface area contributed by atoms with Crippen molar-refractivity contribution in [1.29, 1.82) is 0 Å². The van der Waals surface area contributed by atoms with Gasteiger partial charge in [0.1, 0.15) is 19.8 Å². The number of ether oxygens (including phenoxy) is 6. The third-order valence-corrected chi connectivity index (χ3v) is 5.66. The van der Waals surface area contributed by atoms with E-state index in [0.29, 0.717) is 5.56 Å². The minimum atomic E-state index is -1.02. The van der Waals surface area contributed by atoms with Crippen LogP contribution in [-0.4, -0.2) is 82.3 Å². The van der Waals surface area contributed by atoms with Crippen LogP contribution < -0.4 is 0 Å². The van der Waals surface area contributed by atoms with Gasteiger partial charge < -0.3 is 28.4 Å². The molecule has 0 aliphatic heterocycles. The van der Waals surface area contributed by atoms with Crippen molar-refractivity contribution in [3.8, 4) is 0 Å². The first-order valence-corrected chi connectivity index (χ1v) is 13.5. The van der Waals surface area contributed by atoms with Gasteiger partial charge in [0.05, 0.1) is 33.0 Å². The molecule has 0 heterocycles. The van der Waals surface area contributed by atoms with Crippen molar-refractivity contribution in [2.24, 2.45) is 0 Å². The summed E-state index contributed by atoms with van der Waals surface area (Å²) in [4.78, 5) is 60.4. The topological polar surface area (TPSA) is 141 Å². The van der Waals surface area contributed by atoms with Crippen molar-refractivity contribution in [2.75, 3.05) is 52.9 Å². The van der Waals surface area contributed by atoms with Crippen molar-refractivity contribution >= 4 is 29.5 Å². The Morgan fingerprint density at radius 2 is 0.860 bits per heavy atom. The number of Topliss-reactive ketones (excluding diaryl/α,β-unsaturated/α-hetero) is 2. The summed E-state index contributed by atoms with van der Waals surface area (Å²) in [6.45, 7) is -0.127. The van der Waals surface area contributed by atoms with Crippen LogP contribution in [0.2, 0.25) is 0 Å². The van der Waals surface area contributed by atoms with E-state index in [4.69, 9.17) is 28.4 Å². The number of hydrogen-bond donors (Lipinski definition) is 0. The van der Waals surface area contributed by atoms with Crippen LogP contribution in [0.15, 0.2) is 91.0 Å². The number of benzene rings is 3. The molecule has 226 valence electrons. The van der Waals surface area contributed by atoms with E-state index in [0.717, 1.165) is 0 Å². The normalized spacial score (nSPS) is 11.3. The summed E-state index contributed by atoms with van der Waals surface area (Å²) in [7, 11) is 0. The fourth-order valence-electron chi connectivity index (χ4n) is 3.57. The number of esters is 3. The van der Waals surface area contributed by atoms with Gasteiger partial charge in [-0.1, -0.05) is 91.0 Å². The largest absolute Gasteiger partial charge is 0.461 e. The lowest BCUT2D eigenvalue weighted by atomic mass is 10.1. The van der Waals surface area contributed by atoms with E-state index in [1.807, 2.05) is 0 Å². The highest BCUT2D eigenvalue weighted by atomic mass is 16.6.